The van der Waals surface area contributed by atoms with Crippen molar-refractivity contribution in [2.45, 2.75) is 45.1 Å². The van der Waals surface area contributed by atoms with Gasteiger partial charge >= 0.3 is 5.97 Å². The Bertz CT molecular complexity index is 690. The third kappa shape index (κ3) is 6.62. The number of amides is 2. The highest BCUT2D eigenvalue weighted by Gasteiger charge is 2.21. The molecule has 6 nitrogen and oxygen atoms in total. The van der Waals surface area contributed by atoms with Crippen molar-refractivity contribution in [2.75, 3.05) is 13.1 Å². The van der Waals surface area contributed by atoms with Crippen LogP contribution in [0, 0.1) is 17.6 Å². The van der Waals surface area contributed by atoms with Crippen LogP contribution in [-0.2, 0) is 14.3 Å². The molecule has 2 N–H and O–H groups in total. The molecule has 1 aliphatic rings. The maximum atomic E-state index is 13.5. The molecule has 148 valence electrons. The fourth-order valence-corrected chi connectivity index (χ4v) is 2.99. The molecule has 1 aliphatic carbocycles. The van der Waals surface area contributed by atoms with Crippen LogP contribution >= 0.6 is 0 Å². The second kappa shape index (κ2) is 9.99. The van der Waals surface area contributed by atoms with E-state index in [1.807, 2.05) is 0 Å². The van der Waals surface area contributed by atoms with E-state index in [0.29, 0.717) is 18.5 Å². The zero-order valence-corrected chi connectivity index (χ0v) is 15.2. The van der Waals surface area contributed by atoms with Crippen LogP contribution in [0.2, 0.25) is 0 Å². The summed E-state index contributed by atoms with van der Waals surface area (Å²) in [6.45, 7) is 1.47. The van der Waals surface area contributed by atoms with E-state index >= 15 is 0 Å². The summed E-state index contributed by atoms with van der Waals surface area (Å²) in [5, 5.41) is 4.95. The molecule has 0 bridgehead atoms. The summed E-state index contributed by atoms with van der Waals surface area (Å²) in [5.74, 6) is -3.49. The predicted octanol–water partition coefficient (Wildman–Crippen LogP) is 2.32. The van der Waals surface area contributed by atoms with Crippen molar-refractivity contribution in [3.8, 4) is 0 Å². The van der Waals surface area contributed by atoms with Gasteiger partial charge < -0.3 is 15.4 Å². The molecular formula is C19H24F2N2O4. The van der Waals surface area contributed by atoms with Crippen molar-refractivity contribution in [2.24, 2.45) is 5.92 Å². The van der Waals surface area contributed by atoms with Crippen LogP contribution in [0.1, 0.15) is 49.4 Å². The molecule has 2 rings (SSSR count). The van der Waals surface area contributed by atoms with E-state index in [2.05, 4.69) is 10.6 Å². The molecule has 0 heterocycles. The van der Waals surface area contributed by atoms with Crippen LogP contribution in [0.25, 0.3) is 0 Å². The van der Waals surface area contributed by atoms with Crippen molar-refractivity contribution in [3.05, 3.63) is 35.4 Å². The number of rotatable bonds is 7. The second-order valence-electron chi connectivity index (χ2n) is 6.69. The summed E-state index contributed by atoms with van der Waals surface area (Å²) >= 11 is 0. The van der Waals surface area contributed by atoms with E-state index < -0.39 is 42.1 Å². The maximum Gasteiger partial charge on any atom is 0.326 e. The number of carbonyl (C=O) groups is 3. The third-order valence-corrected chi connectivity index (χ3v) is 4.54. The van der Waals surface area contributed by atoms with Gasteiger partial charge in [0.15, 0.2) is 6.10 Å². The molecule has 0 saturated heterocycles. The van der Waals surface area contributed by atoms with Gasteiger partial charge in [-0.15, -0.1) is 0 Å². The van der Waals surface area contributed by atoms with E-state index in [1.54, 1.807) is 0 Å². The molecule has 1 saturated carbocycles. The summed E-state index contributed by atoms with van der Waals surface area (Å²) in [6.07, 6.45) is 4.73. The number of hydrogen-bond donors (Lipinski definition) is 2. The van der Waals surface area contributed by atoms with Crippen LogP contribution in [0.15, 0.2) is 18.2 Å². The highest BCUT2D eigenvalue weighted by molar-refractivity contribution is 5.96. The second-order valence-corrected chi connectivity index (χ2v) is 6.69. The first-order chi connectivity index (χ1) is 12.9. The van der Waals surface area contributed by atoms with Crippen molar-refractivity contribution in [1.82, 2.24) is 10.6 Å². The van der Waals surface area contributed by atoms with E-state index in [4.69, 9.17) is 4.74 Å². The van der Waals surface area contributed by atoms with Crippen LogP contribution < -0.4 is 10.6 Å². The Morgan fingerprint density at radius 1 is 1.15 bits per heavy atom. The lowest BCUT2D eigenvalue weighted by molar-refractivity contribution is -0.153. The minimum absolute atomic E-state index is 0.387. The fraction of sp³-hybridized carbons (Fsp3) is 0.526. The van der Waals surface area contributed by atoms with Crippen molar-refractivity contribution >= 4 is 17.8 Å². The molecule has 2 amide bonds. The van der Waals surface area contributed by atoms with Crippen LogP contribution in [0.5, 0.6) is 0 Å². The maximum absolute atomic E-state index is 13.5. The summed E-state index contributed by atoms with van der Waals surface area (Å²) < 4.78 is 31.3. The van der Waals surface area contributed by atoms with Gasteiger partial charge in [-0.05, 0) is 37.8 Å². The number of hydrogen-bond acceptors (Lipinski definition) is 4. The minimum atomic E-state index is -1.03. The quantitative estimate of drug-likeness (QED) is 0.709. The SMILES string of the molecule is CC(OC(=O)CNC(=O)c1ccc(F)cc1F)C(=O)NCC1CCCCC1. The summed E-state index contributed by atoms with van der Waals surface area (Å²) in [4.78, 5) is 35.6. The topological polar surface area (TPSA) is 84.5 Å². The lowest BCUT2D eigenvalue weighted by Crippen LogP contribution is -2.40. The highest BCUT2D eigenvalue weighted by Crippen LogP contribution is 2.22. The average molecular weight is 382 g/mol. The van der Waals surface area contributed by atoms with E-state index in [0.717, 1.165) is 25.0 Å². The van der Waals surface area contributed by atoms with Gasteiger partial charge in [-0.1, -0.05) is 19.3 Å². The molecule has 0 spiro atoms. The summed E-state index contributed by atoms with van der Waals surface area (Å²) in [5.41, 5.74) is -0.387. The standard InChI is InChI=1S/C19H24F2N2O4/c1-12(18(25)22-10-13-5-3-2-4-6-13)27-17(24)11-23-19(26)15-8-7-14(20)9-16(15)21/h7-9,12-13H,2-6,10-11H2,1H3,(H,22,25)(H,23,26). The summed E-state index contributed by atoms with van der Waals surface area (Å²) in [6, 6.07) is 2.49. The molecule has 0 aromatic heterocycles. The average Bonchev–Trinajstić information content (AvgIpc) is 2.65. The molecule has 1 aromatic rings. The van der Waals surface area contributed by atoms with Crippen molar-refractivity contribution in [1.29, 1.82) is 0 Å². The van der Waals surface area contributed by atoms with Gasteiger partial charge in [-0.3, -0.25) is 14.4 Å². The van der Waals surface area contributed by atoms with Gasteiger partial charge in [0.25, 0.3) is 11.8 Å². The molecule has 0 radical (unpaired) electrons. The van der Waals surface area contributed by atoms with Crippen molar-refractivity contribution < 1.29 is 27.9 Å². The fourth-order valence-electron chi connectivity index (χ4n) is 2.99. The predicted molar refractivity (Wildman–Crippen MR) is 93.8 cm³/mol. The van der Waals surface area contributed by atoms with Crippen LogP contribution in [0.4, 0.5) is 8.78 Å². The molecule has 1 unspecified atom stereocenters. The Balaban J connectivity index is 1.72. The zero-order valence-electron chi connectivity index (χ0n) is 15.2. The first kappa shape index (κ1) is 20.8. The Morgan fingerprint density at radius 2 is 1.85 bits per heavy atom. The Hall–Kier alpha value is -2.51. The Morgan fingerprint density at radius 3 is 2.52 bits per heavy atom. The third-order valence-electron chi connectivity index (χ3n) is 4.54. The molecule has 27 heavy (non-hydrogen) atoms. The van der Waals surface area contributed by atoms with E-state index in [-0.39, 0.29) is 5.56 Å². The number of benzene rings is 1. The normalized spacial score (nSPS) is 15.7. The van der Waals surface area contributed by atoms with Crippen LogP contribution in [-0.4, -0.2) is 37.0 Å². The smallest absolute Gasteiger partial charge is 0.326 e. The highest BCUT2D eigenvalue weighted by atomic mass is 19.1. The first-order valence-corrected chi connectivity index (χ1v) is 9.07. The van der Waals surface area contributed by atoms with Crippen LogP contribution in [0.3, 0.4) is 0 Å². The van der Waals surface area contributed by atoms with Gasteiger partial charge in [0, 0.05) is 12.6 Å². The molecule has 0 aliphatic heterocycles. The molecule has 1 aromatic carbocycles. The number of nitrogens with one attached hydrogen (secondary N) is 2. The van der Waals surface area contributed by atoms with E-state index in [1.165, 1.54) is 26.2 Å². The molecule has 1 atom stereocenters. The van der Waals surface area contributed by atoms with Gasteiger partial charge in [-0.2, -0.15) is 0 Å². The number of carbonyl (C=O) groups excluding carboxylic acids is 3. The molecule has 1 fully saturated rings. The van der Waals surface area contributed by atoms with Gasteiger partial charge in [-0.25, -0.2) is 8.78 Å². The zero-order chi connectivity index (χ0) is 19.8. The number of halogens is 2. The monoisotopic (exact) mass is 382 g/mol. The van der Waals surface area contributed by atoms with Gasteiger partial charge in [0.05, 0.1) is 5.56 Å². The van der Waals surface area contributed by atoms with Crippen molar-refractivity contribution in [3.63, 3.8) is 0 Å². The summed E-state index contributed by atoms with van der Waals surface area (Å²) in [7, 11) is 0. The Kier molecular flexibility index (Phi) is 7.69. The number of ether oxygens (including phenoxy) is 1. The minimum Gasteiger partial charge on any atom is -0.451 e. The lowest BCUT2D eigenvalue weighted by Gasteiger charge is -2.22. The Labute approximate surface area is 156 Å². The number of esters is 1. The first-order valence-electron chi connectivity index (χ1n) is 9.07. The van der Waals surface area contributed by atoms with E-state index in [9.17, 15) is 23.2 Å². The molecule has 8 heteroatoms. The van der Waals surface area contributed by atoms with Gasteiger partial charge in [0.2, 0.25) is 0 Å². The molecular weight excluding hydrogens is 358 g/mol. The largest absolute Gasteiger partial charge is 0.451 e. The lowest BCUT2D eigenvalue weighted by atomic mass is 9.89. The van der Waals surface area contributed by atoms with Gasteiger partial charge in [0.1, 0.15) is 18.2 Å².